The van der Waals surface area contributed by atoms with Crippen LogP contribution in [0.15, 0.2) is 27.4 Å². The van der Waals surface area contributed by atoms with Crippen molar-refractivity contribution in [1.29, 1.82) is 0 Å². The van der Waals surface area contributed by atoms with Crippen molar-refractivity contribution in [3.8, 4) is 17.4 Å². The van der Waals surface area contributed by atoms with Crippen LogP contribution in [0.5, 0.6) is 17.4 Å². The topological polar surface area (TPSA) is 57.9 Å². The van der Waals surface area contributed by atoms with Gasteiger partial charge in [0.1, 0.15) is 0 Å². The lowest BCUT2D eigenvalue weighted by Crippen LogP contribution is -1.99. The van der Waals surface area contributed by atoms with Crippen LogP contribution in [0, 0.1) is 0 Å². The zero-order valence-corrected chi connectivity index (χ0v) is 9.77. The Balaban J connectivity index is 2.82. The molecule has 0 fully saturated rings. The minimum absolute atomic E-state index is 0.161. The van der Waals surface area contributed by atoms with Crippen LogP contribution in [0.25, 0.3) is 10.8 Å². The van der Waals surface area contributed by atoms with Crippen LogP contribution in [-0.2, 0) is 0 Å². The molecule has 1 aromatic heterocycles. The van der Waals surface area contributed by atoms with E-state index in [-0.39, 0.29) is 5.95 Å². The van der Waals surface area contributed by atoms with E-state index in [2.05, 4.69) is 0 Å². The molecular formula is C12H12O5. The Morgan fingerprint density at radius 2 is 1.59 bits per heavy atom. The summed E-state index contributed by atoms with van der Waals surface area (Å²) < 4.78 is 20.3. The molecule has 0 saturated carbocycles. The van der Waals surface area contributed by atoms with Crippen molar-refractivity contribution in [2.75, 3.05) is 21.3 Å². The molecule has 0 bridgehead atoms. The van der Waals surface area contributed by atoms with Gasteiger partial charge in [0, 0.05) is 6.07 Å². The van der Waals surface area contributed by atoms with E-state index < -0.39 is 5.63 Å². The van der Waals surface area contributed by atoms with Gasteiger partial charge in [0.25, 0.3) is 5.95 Å². The van der Waals surface area contributed by atoms with Gasteiger partial charge in [0.2, 0.25) is 0 Å². The number of fused-ring (bicyclic) bond motifs is 1. The molecule has 1 heterocycles. The van der Waals surface area contributed by atoms with Gasteiger partial charge in [-0.15, -0.1) is 0 Å². The molecule has 0 radical (unpaired) electrons. The summed E-state index contributed by atoms with van der Waals surface area (Å²) >= 11 is 0. The largest absolute Gasteiger partial charge is 0.493 e. The molecule has 90 valence electrons. The van der Waals surface area contributed by atoms with Crippen molar-refractivity contribution in [2.45, 2.75) is 0 Å². The van der Waals surface area contributed by atoms with E-state index >= 15 is 0 Å². The first-order chi connectivity index (χ1) is 8.19. The van der Waals surface area contributed by atoms with Crippen LogP contribution in [0.3, 0.4) is 0 Å². The Kier molecular flexibility index (Phi) is 2.91. The third-order valence-electron chi connectivity index (χ3n) is 2.43. The van der Waals surface area contributed by atoms with Gasteiger partial charge in [-0.2, -0.15) is 0 Å². The summed E-state index contributed by atoms with van der Waals surface area (Å²) in [7, 11) is 4.51. The second-order valence-electron chi connectivity index (χ2n) is 3.35. The molecule has 0 N–H and O–H groups in total. The minimum atomic E-state index is -0.471. The maximum atomic E-state index is 11.3. The van der Waals surface area contributed by atoms with E-state index in [1.54, 1.807) is 12.1 Å². The third-order valence-corrected chi connectivity index (χ3v) is 2.43. The summed E-state index contributed by atoms with van der Waals surface area (Å²) in [6.07, 6.45) is 0. The van der Waals surface area contributed by atoms with Crippen molar-refractivity contribution in [1.82, 2.24) is 0 Å². The first-order valence-electron chi connectivity index (χ1n) is 4.93. The Bertz CT molecular complexity index is 600. The highest BCUT2D eigenvalue weighted by Crippen LogP contribution is 2.35. The molecule has 0 amide bonds. The highest BCUT2D eigenvalue weighted by atomic mass is 16.6. The van der Waals surface area contributed by atoms with Crippen LogP contribution in [-0.4, -0.2) is 21.3 Å². The third kappa shape index (κ3) is 1.91. The van der Waals surface area contributed by atoms with Crippen molar-refractivity contribution in [3.05, 3.63) is 28.6 Å². The molecule has 0 unspecified atom stereocenters. The van der Waals surface area contributed by atoms with E-state index in [1.807, 2.05) is 0 Å². The van der Waals surface area contributed by atoms with Crippen LogP contribution in [0.4, 0.5) is 0 Å². The maximum absolute atomic E-state index is 11.3. The van der Waals surface area contributed by atoms with E-state index in [0.29, 0.717) is 22.3 Å². The van der Waals surface area contributed by atoms with Gasteiger partial charge in [-0.3, -0.25) is 0 Å². The summed E-state index contributed by atoms with van der Waals surface area (Å²) in [5, 5.41) is 1.33. The van der Waals surface area contributed by atoms with Gasteiger partial charge < -0.3 is 18.6 Å². The van der Waals surface area contributed by atoms with Gasteiger partial charge in [-0.1, -0.05) is 0 Å². The van der Waals surface area contributed by atoms with Gasteiger partial charge in [0.15, 0.2) is 11.5 Å². The van der Waals surface area contributed by atoms with E-state index in [9.17, 15) is 4.79 Å². The molecule has 0 spiro atoms. The summed E-state index contributed by atoms with van der Waals surface area (Å²) in [4.78, 5) is 11.3. The Morgan fingerprint density at radius 3 is 2.18 bits per heavy atom. The van der Waals surface area contributed by atoms with E-state index in [4.69, 9.17) is 18.6 Å². The highest BCUT2D eigenvalue weighted by Gasteiger charge is 2.12. The predicted molar refractivity (Wildman–Crippen MR) is 62.1 cm³/mol. The molecular weight excluding hydrogens is 224 g/mol. The number of benzene rings is 1. The van der Waals surface area contributed by atoms with Gasteiger partial charge in [0.05, 0.1) is 26.7 Å². The Labute approximate surface area is 97.5 Å². The summed E-state index contributed by atoms with van der Waals surface area (Å²) in [5.74, 6) is 1.26. The molecule has 2 aromatic rings. The monoisotopic (exact) mass is 236 g/mol. The summed E-state index contributed by atoms with van der Waals surface area (Å²) in [5.41, 5.74) is -0.471. The van der Waals surface area contributed by atoms with Crippen LogP contribution < -0.4 is 19.8 Å². The van der Waals surface area contributed by atoms with E-state index in [1.165, 1.54) is 27.4 Å². The summed E-state index contributed by atoms with van der Waals surface area (Å²) in [6.45, 7) is 0. The molecule has 17 heavy (non-hydrogen) atoms. The molecule has 0 aliphatic rings. The molecule has 5 heteroatoms. The second kappa shape index (κ2) is 4.37. The maximum Gasteiger partial charge on any atom is 0.339 e. The fourth-order valence-electron chi connectivity index (χ4n) is 1.65. The average molecular weight is 236 g/mol. The van der Waals surface area contributed by atoms with Crippen molar-refractivity contribution >= 4 is 10.8 Å². The van der Waals surface area contributed by atoms with Crippen molar-refractivity contribution in [2.24, 2.45) is 0 Å². The zero-order chi connectivity index (χ0) is 12.4. The fraction of sp³-hybridized carbons (Fsp3) is 0.250. The van der Waals surface area contributed by atoms with Gasteiger partial charge in [-0.25, -0.2) is 4.79 Å². The molecule has 1 aromatic carbocycles. The van der Waals surface area contributed by atoms with Crippen molar-refractivity contribution < 1.29 is 18.6 Å². The van der Waals surface area contributed by atoms with Crippen molar-refractivity contribution in [3.63, 3.8) is 0 Å². The van der Waals surface area contributed by atoms with Gasteiger partial charge in [-0.05, 0) is 17.5 Å². The quantitative estimate of drug-likeness (QED) is 0.813. The van der Waals surface area contributed by atoms with Crippen LogP contribution >= 0.6 is 0 Å². The number of hydrogen-bond acceptors (Lipinski definition) is 5. The lowest BCUT2D eigenvalue weighted by atomic mass is 10.1. The summed E-state index contributed by atoms with van der Waals surface area (Å²) in [6, 6.07) is 4.78. The molecule has 5 nitrogen and oxygen atoms in total. The number of hydrogen-bond donors (Lipinski definition) is 0. The smallest absolute Gasteiger partial charge is 0.339 e. The standard InChI is InChI=1S/C12H12O5/c1-14-9-4-7-5-11(13)17-12(16-3)8(7)6-10(9)15-2/h4-6H,1-3H3. The fourth-order valence-corrected chi connectivity index (χ4v) is 1.65. The molecule has 0 aliphatic carbocycles. The Hall–Kier alpha value is -2.17. The average Bonchev–Trinajstić information content (AvgIpc) is 2.35. The van der Waals surface area contributed by atoms with Crippen LogP contribution in [0.2, 0.25) is 0 Å². The minimum Gasteiger partial charge on any atom is -0.493 e. The van der Waals surface area contributed by atoms with Gasteiger partial charge >= 0.3 is 5.63 Å². The predicted octanol–water partition coefficient (Wildman–Crippen LogP) is 1.82. The molecule has 0 aliphatic heterocycles. The first kappa shape index (κ1) is 11.3. The Morgan fingerprint density at radius 1 is 0.941 bits per heavy atom. The van der Waals surface area contributed by atoms with E-state index in [0.717, 1.165) is 0 Å². The number of rotatable bonds is 3. The normalized spacial score (nSPS) is 10.3. The van der Waals surface area contributed by atoms with Crippen LogP contribution in [0.1, 0.15) is 0 Å². The number of methoxy groups -OCH3 is 3. The SMILES string of the molecule is COc1cc2cc(=O)oc(OC)c2cc1OC. The first-order valence-corrected chi connectivity index (χ1v) is 4.93. The highest BCUT2D eigenvalue weighted by molar-refractivity contribution is 5.89. The lowest BCUT2D eigenvalue weighted by Gasteiger charge is -2.09. The zero-order valence-electron chi connectivity index (χ0n) is 9.77. The molecule has 0 atom stereocenters. The second-order valence-corrected chi connectivity index (χ2v) is 3.35. The lowest BCUT2D eigenvalue weighted by molar-refractivity contribution is 0.292. The molecule has 0 saturated heterocycles. The number of ether oxygens (including phenoxy) is 3. The molecule has 2 rings (SSSR count).